The summed E-state index contributed by atoms with van der Waals surface area (Å²) in [5.74, 6) is -0.641. The number of nitrogens with zero attached hydrogens (tertiary/aromatic N) is 1. The zero-order chi connectivity index (χ0) is 12.3. The van der Waals surface area contributed by atoms with E-state index in [1.54, 1.807) is 0 Å². The minimum Gasteiger partial charge on any atom is -0.481 e. The fourth-order valence-corrected chi connectivity index (χ4v) is 2.39. The third-order valence-electron chi connectivity index (χ3n) is 3.48. The summed E-state index contributed by atoms with van der Waals surface area (Å²) in [7, 11) is 0. The Balaban J connectivity index is 1.69. The SMILES string of the molecule is O=C(O)CC1CCCN1CCC(=O)NC1CC1. The van der Waals surface area contributed by atoms with Gasteiger partial charge in [-0.05, 0) is 32.2 Å². The Morgan fingerprint density at radius 3 is 2.71 bits per heavy atom. The highest BCUT2D eigenvalue weighted by Gasteiger charge is 2.27. The average molecular weight is 240 g/mol. The van der Waals surface area contributed by atoms with Crippen molar-refractivity contribution in [2.24, 2.45) is 0 Å². The van der Waals surface area contributed by atoms with Gasteiger partial charge in [-0.1, -0.05) is 0 Å². The zero-order valence-electron chi connectivity index (χ0n) is 10.0. The van der Waals surface area contributed by atoms with E-state index in [0.29, 0.717) is 19.0 Å². The summed E-state index contributed by atoms with van der Waals surface area (Å²) in [5.41, 5.74) is 0. The highest BCUT2D eigenvalue weighted by molar-refractivity contribution is 5.76. The first kappa shape index (κ1) is 12.4. The van der Waals surface area contributed by atoms with Crippen molar-refractivity contribution in [3.8, 4) is 0 Å². The average Bonchev–Trinajstić information content (AvgIpc) is 2.95. The highest BCUT2D eigenvalue weighted by atomic mass is 16.4. The van der Waals surface area contributed by atoms with Gasteiger partial charge in [-0.3, -0.25) is 14.5 Å². The molecule has 1 amide bonds. The van der Waals surface area contributed by atoms with Crippen LogP contribution in [-0.2, 0) is 9.59 Å². The van der Waals surface area contributed by atoms with Crippen LogP contribution < -0.4 is 5.32 Å². The summed E-state index contributed by atoms with van der Waals surface area (Å²) >= 11 is 0. The van der Waals surface area contributed by atoms with Gasteiger partial charge >= 0.3 is 5.97 Å². The Morgan fingerprint density at radius 2 is 2.06 bits per heavy atom. The van der Waals surface area contributed by atoms with Crippen LogP contribution in [0.1, 0.15) is 38.5 Å². The zero-order valence-corrected chi connectivity index (χ0v) is 10.0. The molecule has 1 saturated carbocycles. The highest BCUT2D eigenvalue weighted by Crippen LogP contribution is 2.21. The van der Waals surface area contributed by atoms with Crippen molar-refractivity contribution in [3.63, 3.8) is 0 Å². The van der Waals surface area contributed by atoms with Gasteiger partial charge in [0.25, 0.3) is 0 Å². The normalized spacial score (nSPS) is 24.8. The Morgan fingerprint density at radius 1 is 1.29 bits per heavy atom. The molecule has 0 aromatic heterocycles. The molecule has 5 nitrogen and oxygen atoms in total. The van der Waals surface area contributed by atoms with Crippen molar-refractivity contribution >= 4 is 11.9 Å². The van der Waals surface area contributed by atoms with E-state index in [4.69, 9.17) is 5.11 Å². The van der Waals surface area contributed by atoms with Crippen LogP contribution >= 0.6 is 0 Å². The molecule has 0 aromatic carbocycles. The van der Waals surface area contributed by atoms with Gasteiger partial charge in [0.2, 0.25) is 5.91 Å². The Bertz CT molecular complexity index is 302. The van der Waals surface area contributed by atoms with Crippen molar-refractivity contribution in [1.29, 1.82) is 0 Å². The van der Waals surface area contributed by atoms with Crippen LogP contribution in [-0.4, -0.2) is 47.1 Å². The van der Waals surface area contributed by atoms with E-state index < -0.39 is 5.97 Å². The molecule has 2 fully saturated rings. The molecule has 1 aliphatic carbocycles. The first-order valence-corrected chi connectivity index (χ1v) is 6.40. The van der Waals surface area contributed by atoms with Gasteiger partial charge < -0.3 is 10.4 Å². The van der Waals surface area contributed by atoms with Crippen LogP contribution in [0.2, 0.25) is 0 Å². The summed E-state index contributed by atoms with van der Waals surface area (Å²) < 4.78 is 0. The first-order valence-electron chi connectivity index (χ1n) is 6.40. The van der Waals surface area contributed by atoms with E-state index in [1.165, 1.54) is 0 Å². The van der Waals surface area contributed by atoms with Gasteiger partial charge in [0.05, 0.1) is 6.42 Å². The smallest absolute Gasteiger partial charge is 0.304 e. The Hall–Kier alpha value is -1.10. The molecule has 0 aromatic rings. The largest absolute Gasteiger partial charge is 0.481 e. The van der Waals surface area contributed by atoms with Crippen LogP contribution in [0.15, 0.2) is 0 Å². The molecule has 2 rings (SSSR count). The molecule has 0 spiro atoms. The van der Waals surface area contributed by atoms with E-state index in [1.807, 2.05) is 0 Å². The number of hydrogen-bond acceptors (Lipinski definition) is 3. The maximum atomic E-state index is 11.5. The van der Waals surface area contributed by atoms with E-state index in [0.717, 1.165) is 32.2 Å². The quantitative estimate of drug-likeness (QED) is 0.713. The fraction of sp³-hybridized carbons (Fsp3) is 0.833. The van der Waals surface area contributed by atoms with Crippen LogP contribution in [0.25, 0.3) is 0 Å². The number of likely N-dealkylation sites (tertiary alicyclic amines) is 1. The first-order chi connectivity index (χ1) is 8.15. The Labute approximate surface area is 101 Å². The molecule has 1 aliphatic heterocycles. The van der Waals surface area contributed by atoms with Gasteiger partial charge in [0.1, 0.15) is 0 Å². The van der Waals surface area contributed by atoms with Gasteiger partial charge in [-0.25, -0.2) is 0 Å². The third-order valence-corrected chi connectivity index (χ3v) is 3.48. The molecule has 1 atom stereocenters. The molecule has 1 unspecified atom stereocenters. The molecular formula is C12H20N2O3. The lowest BCUT2D eigenvalue weighted by atomic mass is 10.1. The lowest BCUT2D eigenvalue weighted by Gasteiger charge is -2.22. The second kappa shape index (κ2) is 5.49. The standard InChI is InChI=1S/C12H20N2O3/c15-11(13-9-3-4-9)5-7-14-6-1-2-10(14)8-12(16)17/h9-10H,1-8H2,(H,13,15)(H,16,17). The molecule has 5 heteroatoms. The summed E-state index contributed by atoms with van der Waals surface area (Å²) in [4.78, 5) is 24.4. The predicted octanol–water partition coefficient (Wildman–Crippen LogP) is 0.594. The maximum Gasteiger partial charge on any atom is 0.304 e. The lowest BCUT2D eigenvalue weighted by Crippen LogP contribution is -2.35. The molecule has 1 heterocycles. The molecule has 0 radical (unpaired) electrons. The summed E-state index contributed by atoms with van der Waals surface area (Å²) in [5, 5.41) is 11.7. The number of amides is 1. The van der Waals surface area contributed by atoms with Crippen molar-refractivity contribution in [2.45, 2.75) is 50.6 Å². The van der Waals surface area contributed by atoms with E-state index in [-0.39, 0.29) is 18.4 Å². The summed E-state index contributed by atoms with van der Waals surface area (Å²) in [6.07, 6.45) is 4.89. The van der Waals surface area contributed by atoms with Crippen LogP contribution in [0.5, 0.6) is 0 Å². The predicted molar refractivity (Wildman–Crippen MR) is 62.6 cm³/mol. The molecule has 2 aliphatic rings. The third kappa shape index (κ3) is 4.00. The molecule has 17 heavy (non-hydrogen) atoms. The number of hydrogen-bond donors (Lipinski definition) is 2. The number of aliphatic carboxylic acids is 1. The number of carbonyl (C=O) groups is 2. The number of carbonyl (C=O) groups excluding carboxylic acids is 1. The summed E-state index contributed by atoms with van der Waals surface area (Å²) in [6, 6.07) is 0.539. The summed E-state index contributed by atoms with van der Waals surface area (Å²) in [6.45, 7) is 1.62. The molecular weight excluding hydrogens is 220 g/mol. The van der Waals surface area contributed by atoms with E-state index >= 15 is 0 Å². The Kier molecular flexibility index (Phi) is 3.99. The minimum absolute atomic E-state index is 0.105. The number of carboxylic acids is 1. The maximum absolute atomic E-state index is 11.5. The van der Waals surface area contributed by atoms with Crippen molar-refractivity contribution < 1.29 is 14.7 Å². The lowest BCUT2D eigenvalue weighted by molar-refractivity contribution is -0.138. The molecule has 96 valence electrons. The van der Waals surface area contributed by atoms with Crippen molar-refractivity contribution in [3.05, 3.63) is 0 Å². The molecule has 2 N–H and O–H groups in total. The minimum atomic E-state index is -0.746. The van der Waals surface area contributed by atoms with E-state index in [9.17, 15) is 9.59 Å². The second-order valence-electron chi connectivity index (χ2n) is 5.02. The second-order valence-corrected chi connectivity index (χ2v) is 5.02. The van der Waals surface area contributed by atoms with E-state index in [2.05, 4.69) is 10.2 Å². The van der Waals surface area contributed by atoms with Gasteiger partial charge in [0.15, 0.2) is 0 Å². The van der Waals surface area contributed by atoms with Gasteiger partial charge in [0, 0.05) is 25.0 Å². The van der Waals surface area contributed by atoms with Gasteiger partial charge in [-0.15, -0.1) is 0 Å². The number of nitrogens with one attached hydrogen (secondary N) is 1. The van der Waals surface area contributed by atoms with Crippen molar-refractivity contribution in [2.75, 3.05) is 13.1 Å². The van der Waals surface area contributed by atoms with Crippen molar-refractivity contribution in [1.82, 2.24) is 10.2 Å². The number of carboxylic acid groups (broad SMARTS) is 1. The van der Waals surface area contributed by atoms with Crippen LogP contribution in [0.3, 0.4) is 0 Å². The fourth-order valence-electron chi connectivity index (χ4n) is 2.39. The van der Waals surface area contributed by atoms with Crippen LogP contribution in [0, 0.1) is 0 Å². The topological polar surface area (TPSA) is 69.6 Å². The monoisotopic (exact) mass is 240 g/mol. The van der Waals surface area contributed by atoms with Gasteiger partial charge in [-0.2, -0.15) is 0 Å². The molecule has 0 bridgehead atoms. The van der Waals surface area contributed by atoms with Crippen LogP contribution in [0.4, 0.5) is 0 Å². The number of rotatable bonds is 6. The molecule has 1 saturated heterocycles.